The summed E-state index contributed by atoms with van der Waals surface area (Å²) in [6.45, 7) is 1.04. The highest BCUT2D eigenvalue weighted by Gasteiger charge is 2.32. The zero-order chi connectivity index (χ0) is 13.0. The van der Waals surface area contributed by atoms with Crippen molar-refractivity contribution in [2.24, 2.45) is 0 Å². The predicted octanol–water partition coefficient (Wildman–Crippen LogP) is 1.19. The fourth-order valence-corrected chi connectivity index (χ4v) is 1.98. The van der Waals surface area contributed by atoms with Gasteiger partial charge in [-0.1, -0.05) is 12.1 Å². The molecule has 1 saturated heterocycles. The summed E-state index contributed by atoms with van der Waals surface area (Å²) in [4.78, 5) is 13.3. The molecule has 5 heteroatoms. The number of rotatable bonds is 5. The Bertz CT molecular complexity index is 404. The fourth-order valence-electron chi connectivity index (χ4n) is 1.98. The number of carbonyl (C=O) groups is 1. The van der Waals surface area contributed by atoms with Crippen molar-refractivity contribution >= 4 is 11.8 Å². The molecule has 1 amide bonds. The van der Waals surface area contributed by atoms with Crippen molar-refractivity contribution in [3.63, 3.8) is 0 Å². The molecule has 0 aromatic heterocycles. The highest BCUT2D eigenvalue weighted by atomic mass is 16.6. The van der Waals surface area contributed by atoms with Crippen molar-refractivity contribution in [2.75, 3.05) is 31.8 Å². The van der Waals surface area contributed by atoms with E-state index >= 15 is 0 Å². The summed E-state index contributed by atoms with van der Waals surface area (Å²) in [7, 11) is 1.58. The van der Waals surface area contributed by atoms with Crippen LogP contribution in [-0.2, 0) is 15.9 Å². The second kappa shape index (κ2) is 5.84. The molecule has 18 heavy (non-hydrogen) atoms. The number of benzene rings is 1. The SMILES string of the molecule is COCC1CN(c2ccc(CCO)cc2)C(=O)O1. The molecule has 0 saturated carbocycles. The van der Waals surface area contributed by atoms with Crippen LogP contribution in [0.25, 0.3) is 0 Å². The maximum Gasteiger partial charge on any atom is 0.414 e. The molecular weight excluding hydrogens is 234 g/mol. The minimum Gasteiger partial charge on any atom is -0.441 e. The van der Waals surface area contributed by atoms with Crippen LogP contribution in [0.15, 0.2) is 24.3 Å². The lowest BCUT2D eigenvalue weighted by atomic mass is 10.1. The summed E-state index contributed by atoms with van der Waals surface area (Å²) in [5.41, 5.74) is 1.85. The zero-order valence-corrected chi connectivity index (χ0v) is 10.3. The van der Waals surface area contributed by atoms with Gasteiger partial charge in [0.1, 0.15) is 6.10 Å². The van der Waals surface area contributed by atoms with Gasteiger partial charge in [-0.15, -0.1) is 0 Å². The highest BCUT2D eigenvalue weighted by molar-refractivity contribution is 5.89. The molecule has 1 fully saturated rings. The maximum atomic E-state index is 11.7. The number of methoxy groups -OCH3 is 1. The van der Waals surface area contributed by atoms with Gasteiger partial charge >= 0.3 is 6.09 Å². The van der Waals surface area contributed by atoms with E-state index in [1.165, 1.54) is 0 Å². The molecule has 1 aromatic rings. The van der Waals surface area contributed by atoms with Gasteiger partial charge < -0.3 is 14.6 Å². The van der Waals surface area contributed by atoms with Crippen LogP contribution in [0.3, 0.4) is 0 Å². The lowest BCUT2D eigenvalue weighted by Gasteiger charge is -2.13. The van der Waals surface area contributed by atoms with Crippen LogP contribution in [0.5, 0.6) is 0 Å². The fraction of sp³-hybridized carbons (Fsp3) is 0.462. The van der Waals surface area contributed by atoms with Crippen molar-refractivity contribution in [3.05, 3.63) is 29.8 Å². The number of amides is 1. The Balaban J connectivity index is 2.05. The van der Waals surface area contributed by atoms with Crippen molar-refractivity contribution < 1.29 is 19.4 Å². The average Bonchev–Trinajstić information content (AvgIpc) is 2.72. The number of anilines is 1. The van der Waals surface area contributed by atoms with Gasteiger partial charge in [-0.25, -0.2) is 4.79 Å². The molecule has 0 bridgehead atoms. The molecule has 0 radical (unpaired) electrons. The Morgan fingerprint density at radius 2 is 2.17 bits per heavy atom. The van der Waals surface area contributed by atoms with E-state index in [2.05, 4.69) is 0 Å². The molecule has 2 rings (SSSR count). The first-order chi connectivity index (χ1) is 8.74. The summed E-state index contributed by atoms with van der Waals surface area (Å²) in [5, 5.41) is 8.84. The molecule has 1 aliphatic heterocycles. The Labute approximate surface area is 106 Å². The predicted molar refractivity (Wildman–Crippen MR) is 66.7 cm³/mol. The third-order valence-electron chi connectivity index (χ3n) is 2.88. The molecular formula is C13H17NO4. The Hall–Kier alpha value is -1.59. The summed E-state index contributed by atoms with van der Waals surface area (Å²) in [5.74, 6) is 0. The number of hydrogen-bond donors (Lipinski definition) is 1. The maximum absolute atomic E-state index is 11.7. The highest BCUT2D eigenvalue weighted by Crippen LogP contribution is 2.22. The smallest absolute Gasteiger partial charge is 0.414 e. The van der Waals surface area contributed by atoms with E-state index in [1.807, 2.05) is 24.3 Å². The first-order valence-electron chi connectivity index (χ1n) is 5.91. The Morgan fingerprint density at radius 3 is 2.78 bits per heavy atom. The quantitative estimate of drug-likeness (QED) is 0.854. The van der Waals surface area contributed by atoms with Gasteiger partial charge in [-0.05, 0) is 24.1 Å². The van der Waals surface area contributed by atoms with Crippen molar-refractivity contribution in [1.82, 2.24) is 0 Å². The van der Waals surface area contributed by atoms with Crippen molar-refractivity contribution in [2.45, 2.75) is 12.5 Å². The number of ether oxygens (including phenoxy) is 2. The van der Waals surface area contributed by atoms with Gasteiger partial charge in [0.15, 0.2) is 0 Å². The summed E-state index contributed by atoms with van der Waals surface area (Å²) in [6, 6.07) is 7.54. The summed E-state index contributed by atoms with van der Waals surface area (Å²) < 4.78 is 10.1. The Morgan fingerprint density at radius 1 is 1.44 bits per heavy atom. The minimum absolute atomic E-state index is 0.126. The lowest BCUT2D eigenvalue weighted by molar-refractivity contribution is 0.0718. The number of aliphatic hydroxyl groups is 1. The van der Waals surface area contributed by atoms with Gasteiger partial charge in [0.2, 0.25) is 0 Å². The van der Waals surface area contributed by atoms with Crippen LogP contribution < -0.4 is 4.90 Å². The molecule has 1 atom stereocenters. The topological polar surface area (TPSA) is 59.0 Å². The van der Waals surface area contributed by atoms with E-state index in [1.54, 1.807) is 12.0 Å². The van der Waals surface area contributed by atoms with E-state index < -0.39 is 0 Å². The third kappa shape index (κ3) is 2.80. The van der Waals surface area contributed by atoms with Gasteiger partial charge in [0.25, 0.3) is 0 Å². The average molecular weight is 251 g/mol. The summed E-state index contributed by atoms with van der Waals surface area (Å²) >= 11 is 0. The molecule has 1 unspecified atom stereocenters. The molecule has 1 aliphatic rings. The van der Waals surface area contributed by atoms with E-state index in [9.17, 15) is 4.79 Å². The molecule has 1 aromatic carbocycles. The van der Waals surface area contributed by atoms with Gasteiger partial charge in [-0.3, -0.25) is 4.90 Å². The number of aliphatic hydroxyl groups excluding tert-OH is 1. The van der Waals surface area contributed by atoms with E-state index in [0.717, 1.165) is 11.3 Å². The number of nitrogens with zero attached hydrogens (tertiary/aromatic N) is 1. The largest absolute Gasteiger partial charge is 0.441 e. The van der Waals surface area contributed by atoms with Crippen LogP contribution in [0.2, 0.25) is 0 Å². The number of hydrogen-bond acceptors (Lipinski definition) is 4. The normalized spacial score (nSPS) is 19.1. The number of carbonyl (C=O) groups excluding carboxylic acids is 1. The molecule has 1 N–H and O–H groups in total. The van der Waals surface area contributed by atoms with Crippen LogP contribution in [0, 0.1) is 0 Å². The Kier molecular flexibility index (Phi) is 4.17. The lowest BCUT2D eigenvalue weighted by Crippen LogP contribution is -2.25. The van der Waals surface area contributed by atoms with Gasteiger partial charge in [0, 0.05) is 19.4 Å². The van der Waals surface area contributed by atoms with Gasteiger partial charge in [-0.2, -0.15) is 0 Å². The first kappa shape index (κ1) is 12.9. The van der Waals surface area contributed by atoms with Gasteiger partial charge in [0.05, 0.1) is 13.2 Å². The molecule has 5 nitrogen and oxygen atoms in total. The van der Waals surface area contributed by atoms with E-state index in [0.29, 0.717) is 19.6 Å². The van der Waals surface area contributed by atoms with Crippen molar-refractivity contribution in [1.29, 1.82) is 0 Å². The second-order valence-corrected chi connectivity index (χ2v) is 4.21. The molecule has 0 spiro atoms. The zero-order valence-electron chi connectivity index (χ0n) is 10.3. The van der Waals surface area contributed by atoms with Crippen LogP contribution >= 0.6 is 0 Å². The van der Waals surface area contributed by atoms with Crippen LogP contribution in [0.1, 0.15) is 5.56 Å². The van der Waals surface area contributed by atoms with Crippen LogP contribution in [-0.4, -0.2) is 44.2 Å². The van der Waals surface area contributed by atoms with Crippen molar-refractivity contribution in [3.8, 4) is 0 Å². The second-order valence-electron chi connectivity index (χ2n) is 4.21. The first-order valence-corrected chi connectivity index (χ1v) is 5.91. The molecule has 0 aliphatic carbocycles. The molecule has 98 valence electrons. The number of cyclic esters (lactones) is 1. The molecule has 1 heterocycles. The van der Waals surface area contributed by atoms with E-state index in [4.69, 9.17) is 14.6 Å². The third-order valence-corrected chi connectivity index (χ3v) is 2.88. The van der Waals surface area contributed by atoms with Crippen LogP contribution in [0.4, 0.5) is 10.5 Å². The summed E-state index contributed by atoms with van der Waals surface area (Å²) in [6.07, 6.45) is 0.0726. The van der Waals surface area contributed by atoms with E-state index in [-0.39, 0.29) is 18.8 Å². The monoisotopic (exact) mass is 251 g/mol. The standard InChI is InChI=1S/C13H17NO4/c1-17-9-12-8-14(13(16)18-12)11-4-2-10(3-5-11)6-7-15/h2-5,12,15H,6-9H2,1H3. The minimum atomic E-state index is -0.341.